The van der Waals surface area contributed by atoms with Gasteiger partial charge in [0.2, 0.25) is 0 Å². The molecule has 1 aromatic rings. The molecule has 0 aliphatic heterocycles. The summed E-state index contributed by atoms with van der Waals surface area (Å²) in [5.74, 6) is -0.837. The Morgan fingerprint density at radius 1 is 1.61 bits per heavy atom. The van der Waals surface area contributed by atoms with Crippen molar-refractivity contribution in [1.29, 1.82) is 0 Å². The van der Waals surface area contributed by atoms with Gasteiger partial charge in [0.15, 0.2) is 5.13 Å². The summed E-state index contributed by atoms with van der Waals surface area (Å²) in [5, 5.41) is 14.7. The molecule has 6 heteroatoms. The van der Waals surface area contributed by atoms with E-state index in [1.165, 1.54) is 30.6 Å². The van der Waals surface area contributed by atoms with Gasteiger partial charge in [0.1, 0.15) is 0 Å². The van der Waals surface area contributed by atoms with Crippen molar-refractivity contribution in [2.75, 3.05) is 26.0 Å². The first kappa shape index (κ1) is 13.3. The SMILES string of the molecule is CN(C)C1(CNc2nc(CC(=O)O)cs2)CCC1. The molecule has 0 saturated heterocycles. The monoisotopic (exact) mass is 269 g/mol. The summed E-state index contributed by atoms with van der Waals surface area (Å²) < 4.78 is 0. The zero-order valence-electron chi connectivity index (χ0n) is 10.8. The molecule has 2 N–H and O–H groups in total. The number of anilines is 1. The first-order valence-corrected chi connectivity index (χ1v) is 6.97. The predicted molar refractivity (Wildman–Crippen MR) is 72.2 cm³/mol. The topological polar surface area (TPSA) is 65.5 Å². The van der Waals surface area contributed by atoms with Crippen molar-refractivity contribution in [3.8, 4) is 0 Å². The van der Waals surface area contributed by atoms with Crippen LogP contribution in [0.5, 0.6) is 0 Å². The zero-order chi connectivity index (χ0) is 13.2. The minimum Gasteiger partial charge on any atom is -0.481 e. The van der Waals surface area contributed by atoms with Crippen LogP contribution in [-0.4, -0.2) is 47.1 Å². The van der Waals surface area contributed by atoms with Crippen molar-refractivity contribution in [1.82, 2.24) is 9.88 Å². The van der Waals surface area contributed by atoms with Gasteiger partial charge in [-0.25, -0.2) is 4.98 Å². The van der Waals surface area contributed by atoms with E-state index in [0.717, 1.165) is 11.7 Å². The fraction of sp³-hybridized carbons (Fsp3) is 0.667. The Kier molecular flexibility index (Phi) is 3.87. The van der Waals surface area contributed by atoms with Gasteiger partial charge >= 0.3 is 5.97 Å². The molecule has 1 fully saturated rings. The number of thiazole rings is 1. The molecule has 0 aromatic carbocycles. The second-order valence-corrected chi connectivity index (χ2v) is 5.90. The number of carbonyl (C=O) groups is 1. The first-order chi connectivity index (χ1) is 8.52. The van der Waals surface area contributed by atoms with E-state index in [1.54, 1.807) is 5.38 Å². The number of likely N-dealkylation sites (N-methyl/N-ethyl adjacent to an activating group) is 1. The summed E-state index contributed by atoms with van der Waals surface area (Å²) in [5.41, 5.74) is 0.876. The molecule has 0 amide bonds. The van der Waals surface area contributed by atoms with Crippen LogP contribution in [0.1, 0.15) is 25.0 Å². The van der Waals surface area contributed by atoms with Crippen LogP contribution in [-0.2, 0) is 11.2 Å². The van der Waals surface area contributed by atoms with Crippen LogP contribution in [0.15, 0.2) is 5.38 Å². The zero-order valence-corrected chi connectivity index (χ0v) is 11.6. The van der Waals surface area contributed by atoms with E-state index >= 15 is 0 Å². The number of hydrogen-bond acceptors (Lipinski definition) is 5. The number of nitrogens with one attached hydrogen (secondary N) is 1. The van der Waals surface area contributed by atoms with Gasteiger partial charge < -0.3 is 15.3 Å². The van der Waals surface area contributed by atoms with Gasteiger partial charge in [-0.05, 0) is 33.4 Å². The minimum absolute atomic E-state index is 0.00297. The number of aliphatic carboxylic acids is 1. The number of carboxylic acids is 1. The Labute approximate surface area is 111 Å². The maximum absolute atomic E-state index is 10.6. The van der Waals surface area contributed by atoms with E-state index in [4.69, 9.17) is 5.11 Å². The Balaban J connectivity index is 1.90. The lowest BCUT2D eigenvalue weighted by atomic mass is 9.75. The van der Waals surface area contributed by atoms with Crippen LogP contribution >= 0.6 is 11.3 Å². The normalized spacial score (nSPS) is 17.5. The second-order valence-electron chi connectivity index (χ2n) is 5.04. The molecule has 0 atom stereocenters. The van der Waals surface area contributed by atoms with Crippen molar-refractivity contribution in [2.24, 2.45) is 0 Å². The average molecular weight is 269 g/mol. The second kappa shape index (κ2) is 5.24. The molecule has 18 heavy (non-hydrogen) atoms. The summed E-state index contributed by atoms with van der Waals surface area (Å²) in [6, 6.07) is 0. The fourth-order valence-corrected chi connectivity index (χ4v) is 2.94. The van der Waals surface area contributed by atoms with Gasteiger partial charge in [0.25, 0.3) is 0 Å². The maximum atomic E-state index is 10.6. The highest BCUT2D eigenvalue weighted by atomic mass is 32.1. The van der Waals surface area contributed by atoms with Gasteiger partial charge in [0.05, 0.1) is 12.1 Å². The Hall–Kier alpha value is -1.14. The van der Waals surface area contributed by atoms with E-state index in [2.05, 4.69) is 29.3 Å². The molecule has 1 heterocycles. The first-order valence-electron chi connectivity index (χ1n) is 6.09. The molecular weight excluding hydrogens is 250 g/mol. The highest BCUT2D eigenvalue weighted by Crippen LogP contribution is 2.36. The lowest BCUT2D eigenvalue weighted by Gasteiger charge is -2.47. The lowest BCUT2D eigenvalue weighted by Crippen LogP contribution is -2.54. The van der Waals surface area contributed by atoms with Crippen LogP contribution in [0, 0.1) is 0 Å². The van der Waals surface area contributed by atoms with E-state index in [9.17, 15) is 4.79 Å². The smallest absolute Gasteiger partial charge is 0.309 e. The van der Waals surface area contributed by atoms with Crippen molar-refractivity contribution < 1.29 is 9.90 Å². The molecule has 2 rings (SSSR count). The summed E-state index contributed by atoms with van der Waals surface area (Å²) in [6.45, 7) is 0.875. The maximum Gasteiger partial charge on any atom is 0.309 e. The van der Waals surface area contributed by atoms with Gasteiger partial charge in [-0.2, -0.15) is 0 Å². The third-order valence-corrected chi connectivity index (χ3v) is 4.53. The van der Waals surface area contributed by atoms with Gasteiger partial charge in [-0.15, -0.1) is 11.3 Å². The quantitative estimate of drug-likeness (QED) is 0.822. The highest BCUT2D eigenvalue weighted by molar-refractivity contribution is 7.13. The Bertz CT molecular complexity index is 427. The standard InChI is InChI=1S/C12H19N3O2S/c1-15(2)12(4-3-5-12)8-13-11-14-9(7-18-11)6-10(16)17/h7H,3-6,8H2,1-2H3,(H,13,14)(H,16,17). The molecule has 0 unspecified atom stereocenters. The molecule has 1 saturated carbocycles. The predicted octanol–water partition coefficient (Wildman–Crippen LogP) is 1.67. The number of hydrogen-bond donors (Lipinski definition) is 2. The molecule has 0 spiro atoms. The summed E-state index contributed by atoms with van der Waals surface area (Å²) in [7, 11) is 4.22. The van der Waals surface area contributed by atoms with Crippen molar-refractivity contribution >= 4 is 22.4 Å². The van der Waals surface area contributed by atoms with E-state index in [1.807, 2.05) is 0 Å². The van der Waals surface area contributed by atoms with Gasteiger partial charge in [-0.3, -0.25) is 4.79 Å². The third-order valence-electron chi connectivity index (χ3n) is 3.69. The van der Waals surface area contributed by atoms with E-state index < -0.39 is 5.97 Å². The van der Waals surface area contributed by atoms with Crippen molar-refractivity contribution in [3.63, 3.8) is 0 Å². The Morgan fingerprint density at radius 3 is 2.83 bits per heavy atom. The molecule has 0 radical (unpaired) electrons. The lowest BCUT2D eigenvalue weighted by molar-refractivity contribution is -0.136. The largest absolute Gasteiger partial charge is 0.481 e. The Morgan fingerprint density at radius 2 is 2.33 bits per heavy atom. The average Bonchev–Trinajstić information content (AvgIpc) is 2.62. The molecule has 5 nitrogen and oxygen atoms in total. The molecule has 0 bridgehead atoms. The van der Waals surface area contributed by atoms with E-state index in [-0.39, 0.29) is 12.0 Å². The van der Waals surface area contributed by atoms with Crippen LogP contribution in [0.2, 0.25) is 0 Å². The fourth-order valence-electron chi connectivity index (χ4n) is 2.23. The van der Waals surface area contributed by atoms with Crippen LogP contribution < -0.4 is 5.32 Å². The third kappa shape index (κ3) is 2.81. The molecule has 1 aliphatic carbocycles. The number of carboxylic acid groups (broad SMARTS) is 1. The summed E-state index contributed by atoms with van der Waals surface area (Å²) in [4.78, 5) is 17.1. The summed E-state index contributed by atoms with van der Waals surface area (Å²) >= 11 is 1.47. The number of rotatable bonds is 6. The van der Waals surface area contributed by atoms with Gasteiger partial charge in [-0.1, -0.05) is 0 Å². The van der Waals surface area contributed by atoms with Crippen molar-refractivity contribution in [2.45, 2.75) is 31.2 Å². The number of aromatic nitrogens is 1. The van der Waals surface area contributed by atoms with Crippen LogP contribution in [0.4, 0.5) is 5.13 Å². The summed E-state index contributed by atoms with van der Waals surface area (Å²) in [6.07, 6.45) is 3.69. The highest BCUT2D eigenvalue weighted by Gasteiger charge is 2.38. The molecule has 100 valence electrons. The molecule has 1 aromatic heterocycles. The molecular formula is C12H19N3O2S. The van der Waals surface area contributed by atoms with Crippen molar-refractivity contribution in [3.05, 3.63) is 11.1 Å². The van der Waals surface area contributed by atoms with Gasteiger partial charge in [0, 0.05) is 17.5 Å². The van der Waals surface area contributed by atoms with E-state index in [0.29, 0.717) is 5.69 Å². The van der Waals surface area contributed by atoms with Crippen LogP contribution in [0.25, 0.3) is 0 Å². The minimum atomic E-state index is -0.837. The number of nitrogens with zero attached hydrogens (tertiary/aromatic N) is 2. The van der Waals surface area contributed by atoms with Crippen LogP contribution in [0.3, 0.4) is 0 Å². The molecule has 1 aliphatic rings.